The molecule has 0 aliphatic rings. The molecule has 0 aliphatic carbocycles. The van der Waals surface area contributed by atoms with Crippen LogP contribution < -0.4 is 0 Å². The van der Waals surface area contributed by atoms with Gasteiger partial charge in [-0.1, -0.05) is 77.0 Å². The quantitative estimate of drug-likeness (QED) is 0.529. The lowest BCUT2D eigenvalue weighted by Crippen LogP contribution is -1.85. The first-order valence-electron chi connectivity index (χ1n) is 8.36. The Bertz CT molecular complexity index is 424. The summed E-state index contributed by atoms with van der Waals surface area (Å²) in [6.45, 7) is 18.5. The van der Waals surface area contributed by atoms with Gasteiger partial charge in [0, 0.05) is 12.4 Å². The van der Waals surface area contributed by atoms with Gasteiger partial charge in [0.15, 0.2) is 0 Å². The molecule has 0 fully saturated rings. The molecular formula is C21H35N. The van der Waals surface area contributed by atoms with Gasteiger partial charge in [-0.25, -0.2) is 0 Å². The Morgan fingerprint density at radius 2 is 1.73 bits per heavy atom. The van der Waals surface area contributed by atoms with Crippen LogP contribution in [0.1, 0.15) is 72.8 Å². The summed E-state index contributed by atoms with van der Waals surface area (Å²) in [6.07, 6.45) is 12.3. The lowest BCUT2D eigenvalue weighted by molar-refractivity contribution is 0.863. The second-order valence-corrected chi connectivity index (χ2v) is 5.40. The zero-order valence-electron chi connectivity index (χ0n) is 15.7. The maximum Gasteiger partial charge on any atom is 0.0270 e. The van der Waals surface area contributed by atoms with Gasteiger partial charge in [0.2, 0.25) is 0 Å². The van der Waals surface area contributed by atoms with Gasteiger partial charge in [-0.2, -0.15) is 0 Å². The van der Waals surface area contributed by atoms with E-state index in [1.54, 1.807) is 0 Å². The minimum Gasteiger partial charge on any atom is -0.265 e. The average Bonchev–Trinajstić information content (AvgIpc) is 2.51. The highest BCUT2D eigenvalue weighted by Gasteiger charge is 1.94. The Hall–Kier alpha value is -1.63. The standard InChI is InChI=1S/C11H18.C8H11N.C2H6/c1-5-7-11(4)9-6-8-10(2)3;1-7(2)8-3-5-9-6-4-8;1-2/h6,8-9H,2,5,7H2,1,3-4H3;3-7H,1-2H3;1-2H3/b8-6-,11-9-;;. The Balaban J connectivity index is 0. The van der Waals surface area contributed by atoms with Crippen LogP contribution >= 0.6 is 0 Å². The van der Waals surface area contributed by atoms with Crippen molar-refractivity contribution in [2.24, 2.45) is 0 Å². The number of pyridine rings is 1. The van der Waals surface area contributed by atoms with E-state index in [4.69, 9.17) is 0 Å². The number of aromatic nitrogens is 1. The summed E-state index contributed by atoms with van der Waals surface area (Å²) in [5, 5.41) is 0. The van der Waals surface area contributed by atoms with Crippen molar-refractivity contribution >= 4 is 0 Å². The molecule has 0 saturated carbocycles. The Morgan fingerprint density at radius 1 is 1.18 bits per heavy atom. The molecule has 0 bridgehead atoms. The molecule has 0 radical (unpaired) electrons. The fourth-order valence-corrected chi connectivity index (χ4v) is 1.60. The van der Waals surface area contributed by atoms with Crippen LogP contribution in [-0.4, -0.2) is 4.98 Å². The number of hydrogen-bond donors (Lipinski definition) is 0. The maximum atomic E-state index is 3.93. The minimum absolute atomic E-state index is 0.619. The van der Waals surface area contributed by atoms with Crippen LogP contribution in [0.5, 0.6) is 0 Å². The lowest BCUT2D eigenvalue weighted by atomic mass is 10.1. The molecule has 1 rings (SSSR count). The summed E-state index contributed by atoms with van der Waals surface area (Å²) in [5.41, 5.74) is 3.89. The first-order valence-corrected chi connectivity index (χ1v) is 8.36. The third-order valence-electron chi connectivity index (χ3n) is 2.78. The third kappa shape index (κ3) is 14.8. The van der Waals surface area contributed by atoms with E-state index in [1.807, 2.05) is 51.4 Å². The smallest absolute Gasteiger partial charge is 0.0270 e. The molecule has 0 N–H and O–H groups in total. The molecule has 1 nitrogen and oxygen atoms in total. The predicted molar refractivity (Wildman–Crippen MR) is 102 cm³/mol. The van der Waals surface area contributed by atoms with Crippen LogP contribution in [0.3, 0.4) is 0 Å². The zero-order valence-corrected chi connectivity index (χ0v) is 15.7. The molecule has 0 unspecified atom stereocenters. The van der Waals surface area contributed by atoms with Crippen molar-refractivity contribution in [3.8, 4) is 0 Å². The highest BCUT2D eigenvalue weighted by Crippen LogP contribution is 2.10. The number of hydrogen-bond acceptors (Lipinski definition) is 1. The molecule has 1 aromatic heterocycles. The van der Waals surface area contributed by atoms with Gasteiger partial charge in [-0.05, 0) is 43.9 Å². The van der Waals surface area contributed by atoms with Gasteiger partial charge < -0.3 is 0 Å². The molecule has 124 valence electrons. The van der Waals surface area contributed by atoms with Crippen LogP contribution in [-0.2, 0) is 0 Å². The zero-order chi connectivity index (χ0) is 17.4. The van der Waals surface area contributed by atoms with Gasteiger partial charge in [0.05, 0.1) is 0 Å². The van der Waals surface area contributed by atoms with Gasteiger partial charge in [-0.3, -0.25) is 4.98 Å². The summed E-state index contributed by atoms with van der Waals surface area (Å²) < 4.78 is 0. The third-order valence-corrected chi connectivity index (χ3v) is 2.78. The second-order valence-electron chi connectivity index (χ2n) is 5.40. The van der Waals surface area contributed by atoms with Gasteiger partial charge >= 0.3 is 0 Å². The number of rotatable bonds is 5. The summed E-state index contributed by atoms with van der Waals surface area (Å²) in [4.78, 5) is 3.93. The van der Waals surface area contributed by atoms with Crippen LogP contribution in [0.15, 0.2) is 60.5 Å². The van der Waals surface area contributed by atoms with Crippen LogP contribution in [0.25, 0.3) is 0 Å². The summed E-state index contributed by atoms with van der Waals surface area (Å²) in [6, 6.07) is 4.09. The number of allylic oxidation sites excluding steroid dienone is 5. The lowest BCUT2D eigenvalue weighted by Gasteiger charge is -2.01. The minimum atomic E-state index is 0.619. The van der Waals surface area contributed by atoms with Gasteiger partial charge in [0.1, 0.15) is 0 Å². The highest BCUT2D eigenvalue weighted by atomic mass is 14.6. The molecular weight excluding hydrogens is 266 g/mol. The molecule has 22 heavy (non-hydrogen) atoms. The molecule has 1 aromatic rings. The van der Waals surface area contributed by atoms with E-state index in [0.29, 0.717) is 5.92 Å². The van der Waals surface area contributed by atoms with Crippen molar-refractivity contribution in [3.63, 3.8) is 0 Å². The molecule has 0 aromatic carbocycles. The van der Waals surface area contributed by atoms with Crippen molar-refractivity contribution in [1.29, 1.82) is 0 Å². The number of nitrogens with zero attached hydrogens (tertiary/aromatic N) is 1. The normalized spacial score (nSPS) is 10.6. The van der Waals surface area contributed by atoms with Crippen molar-refractivity contribution in [2.75, 3.05) is 0 Å². The maximum absolute atomic E-state index is 3.93. The van der Waals surface area contributed by atoms with E-state index >= 15 is 0 Å². The predicted octanol–water partition coefficient (Wildman–Crippen LogP) is 7.10. The van der Waals surface area contributed by atoms with Crippen LogP contribution in [0, 0.1) is 0 Å². The Kier molecular flexibility index (Phi) is 16.2. The van der Waals surface area contributed by atoms with E-state index in [1.165, 1.54) is 24.0 Å². The topological polar surface area (TPSA) is 12.9 Å². The van der Waals surface area contributed by atoms with Crippen molar-refractivity contribution in [1.82, 2.24) is 4.98 Å². The summed E-state index contributed by atoms with van der Waals surface area (Å²) in [5.74, 6) is 0.619. The van der Waals surface area contributed by atoms with Crippen molar-refractivity contribution < 1.29 is 0 Å². The largest absolute Gasteiger partial charge is 0.265 e. The molecule has 0 saturated heterocycles. The van der Waals surface area contributed by atoms with Gasteiger partial charge in [0.25, 0.3) is 0 Å². The fraction of sp³-hybridized carbons (Fsp3) is 0.476. The van der Waals surface area contributed by atoms with E-state index in [-0.39, 0.29) is 0 Å². The SMILES string of the molecule is C=C(C)/C=C\C=C(\C)CCC.CC.CC(C)c1ccncc1. The average molecular weight is 302 g/mol. The molecule has 1 heterocycles. The molecule has 0 aliphatic heterocycles. The fourth-order valence-electron chi connectivity index (χ4n) is 1.60. The van der Waals surface area contributed by atoms with E-state index < -0.39 is 0 Å². The molecule has 1 heteroatoms. The first kappa shape index (κ1) is 22.6. The van der Waals surface area contributed by atoms with Crippen molar-refractivity contribution in [2.45, 2.75) is 67.2 Å². The first-order chi connectivity index (χ1) is 10.5. The van der Waals surface area contributed by atoms with E-state index in [2.05, 4.69) is 51.4 Å². The van der Waals surface area contributed by atoms with E-state index in [9.17, 15) is 0 Å². The van der Waals surface area contributed by atoms with Crippen LogP contribution in [0.4, 0.5) is 0 Å². The van der Waals surface area contributed by atoms with Crippen molar-refractivity contribution in [3.05, 3.63) is 66.0 Å². The molecule has 0 spiro atoms. The Morgan fingerprint density at radius 3 is 2.09 bits per heavy atom. The second kappa shape index (κ2) is 15.8. The monoisotopic (exact) mass is 301 g/mol. The summed E-state index contributed by atoms with van der Waals surface area (Å²) in [7, 11) is 0. The van der Waals surface area contributed by atoms with Crippen LogP contribution in [0.2, 0.25) is 0 Å². The molecule has 0 atom stereocenters. The Labute approximate surface area is 138 Å². The van der Waals surface area contributed by atoms with E-state index in [0.717, 1.165) is 5.57 Å². The molecule has 0 amide bonds. The summed E-state index contributed by atoms with van der Waals surface area (Å²) >= 11 is 0. The highest BCUT2D eigenvalue weighted by molar-refractivity contribution is 5.19. The van der Waals surface area contributed by atoms with Gasteiger partial charge in [-0.15, -0.1) is 0 Å².